The van der Waals surface area contributed by atoms with Gasteiger partial charge in [-0.25, -0.2) is 0 Å². The van der Waals surface area contributed by atoms with Gasteiger partial charge in [-0.3, -0.25) is 4.39 Å². The van der Waals surface area contributed by atoms with Crippen molar-refractivity contribution in [3.05, 3.63) is 23.8 Å². The topological polar surface area (TPSA) is 18.5 Å². The fourth-order valence-electron chi connectivity index (χ4n) is 1.12. The molecule has 3 heteroatoms. The molecule has 0 spiro atoms. The molecule has 0 heterocycles. The van der Waals surface area contributed by atoms with Gasteiger partial charge in [0.1, 0.15) is 11.5 Å². The van der Waals surface area contributed by atoms with Crippen LogP contribution < -0.4 is 9.47 Å². The van der Waals surface area contributed by atoms with E-state index in [0.717, 1.165) is 5.56 Å². The quantitative estimate of drug-likeness (QED) is 0.714. The third kappa shape index (κ3) is 2.61. The summed E-state index contributed by atoms with van der Waals surface area (Å²) in [6.07, 6.45) is 0.396. The summed E-state index contributed by atoms with van der Waals surface area (Å²) in [6.45, 7) is -0.365. The third-order valence-electron chi connectivity index (χ3n) is 1.79. The first-order valence-electron chi connectivity index (χ1n) is 4.08. The van der Waals surface area contributed by atoms with E-state index in [1.165, 1.54) is 0 Å². The molecular weight excluding hydrogens is 171 g/mol. The van der Waals surface area contributed by atoms with E-state index in [1.807, 2.05) is 12.1 Å². The SMILES string of the molecule is COc1cc(CCF)cc(OC)c1. The van der Waals surface area contributed by atoms with Crippen LogP contribution >= 0.6 is 0 Å². The number of aryl methyl sites for hydroxylation is 1. The largest absolute Gasteiger partial charge is 0.497 e. The molecular formula is C10H13FO2. The zero-order valence-corrected chi connectivity index (χ0v) is 7.84. The van der Waals surface area contributed by atoms with Gasteiger partial charge in [-0.2, -0.15) is 0 Å². The van der Waals surface area contributed by atoms with Gasteiger partial charge in [0, 0.05) is 12.5 Å². The van der Waals surface area contributed by atoms with Crippen molar-refractivity contribution in [1.29, 1.82) is 0 Å². The van der Waals surface area contributed by atoms with Crippen LogP contribution in [0.4, 0.5) is 4.39 Å². The maximum Gasteiger partial charge on any atom is 0.122 e. The molecule has 0 unspecified atom stereocenters. The average Bonchev–Trinajstić information content (AvgIpc) is 2.17. The second-order valence-electron chi connectivity index (χ2n) is 2.66. The predicted molar refractivity (Wildman–Crippen MR) is 49.2 cm³/mol. The third-order valence-corrected chi connectivity index (χ3v) is 1.79. The van der Waals surface area contributed by atoms with Crippen LogP contribution in [0.5, 0.6) is 11.5 Å². The molecule has 0 atom stereocenters. The first kappa shape index (κ1) is 9.84. The molecule has 0 saturated carbocycles. The summed E-state index contributed by atoms with van der Waals surface area (Å²) in [5, 5.41) is 0. The maximum absolute atomic E-state index is 12.1. The number of benzene rings is 1. The van der Waals surface area contributed by atoms with Gasteiger partial charge >= 0.3 is 0 Å². The molecule has 2 nitrogen and oxygen atoms in total. The van der Waals surface area contributed by atoms with E-state index in [4.69, 9.17) is 9.47 Å². The zero-order chi connectivity index (χ0) is 9.68. The standard InChI is InChI=1S/C10H13FO2/c1-12-9-5-8(3-4-11)6-10(7-9)13-2/h5-7H,3-4H2,1-2H3. The smallest absolute Gasteiger partial charge is 0.122 e. The van der Waals surface area contributed by atoms with Crippen LogP contribution in [-0.4, -0.2) is 20.9 Å². The average molecular weight is 184 g/mol. The molecule has 0 N–H and O–H groups in total. The molecule has 0 bridgehead atoms. The number of hydrogen-bond acceptors (Lipinski definition) is 2. The minimum atomic E-state index is -0.365. The Labute approximate surface area is 77.3 Å². The van der Waals surface area contributed by atoms with Crippen LogP contribution in [0.1, 0.15) is 5.56 Å². The molecule has 13 heavy (non-hydrogen) atoms. The van der Waals surface area contributed by atoms with E-state index in [1.54, 1.807) is 20.3 Å². The molecule has 0 radical (unpaired) electrons. The molecule has 0 aliphatic rings. The van der Waals surface area contributed by atoms with E-state index in [2.05, 4.69) is 0 Å². The minimum absolute atomic E-state index is 0.365. The van der Waals surface area contributed by atoms with Crippen LogP contribution in [0.3, 0.4) is 0 Å². The fourth-order valence-corrected chi connectivity index (χ4v) is 1.12. The lowest BCUT2D eigenvalue weighted by molar-refractivity contribution is 0.392. The van der Waals surface area contributed by atoms with Gasteiger partial charge in [0.25, 0.3) is 0 Å². The number of hydrogen-bond donors (Lipinski definition) is 0. The predicted octanol–water partition coefficient (Wildman–Crippen LogP) is 2.22. The van der Waals surface area contributed by atoms with Gasteiger partial charge in [-0.1, -0.05) is 0 Å². The second kappa shape index (κ2) is 4.70. The summed E-state index contributed by atoms with van der Waals surface area (Å²) in [4.78, 5) is 0. The monoisotopic (exact) mass is 184 g/mol. The van der Waals surface area contributed by atoms with Crippen molar-refractivity contribution in [2.75, 3.05) is 20.9 Å². The van der Waals surface area contributed by atoms with Gasteiger partial charge in [0.15, 0.2) is 0 Å². The number of methoxy groups -OCH3 is 2. The maximum atomic E-state index is 12.1. The lowest BCUT2D eigenvalue weighted by Gasteiger charge is -2.06. The molecule has 0 saturated heterocycles. The summed E-state index contributed by atoms with van der Waals surface area (Å²) < 4.78 is 22.2. The Balaban J connectivity index is 2.93. The Morgan fingerprint density at radius 3 is 2.00 bits per heavy atom. The van der Waals surface area contributed by atoms with Crippen LogP contribution in [0.25, 0.3) is 0 Å². The minimum Gasteiger partial charge on any atom is -0.497 e. The highest BCUT2D eigenvalue weighted by molar-refractivity contribution is 5.38. The van der Waals surface area contributed by atoms with Crippen LogP contribution in [-0.2, 0) is 6.42 Å². The lowest BCUT2D eigenvalue weighted by Crippen LogP contribution is -1.92. The van der Waals surface area contributed by atoms with Crippen LogP contribution in [0.2, 0.25) is 0 Å². The van der Waals surface area contributed by atoms with Gasteiger partial charge in [0.2, 0.25) is 0 Å². The van der Waals surface area contributed by atoms with Crippen molar-refractivity contribution in [3.63, 3.8) is 0 Å². The first-order chi connectivity index (χ1) is 6.30. The molecule has 1 aromatic rings. The highest BCUT2D eigenvalue weighted by Gasteiger charge is 2.00. The summed E-state index contributed by atoms with van der Waals surface area (Å²) >= 11 is 0. The van der Waals surface area contributed by atoms with Gasteiger partial charge in [-0.05, 0) is 17.7 Å². The number of alkyl halides is 1. The van der Waals surface area contributed by atoms with E-state index in [9.17, 15) is 4.39 Å². The normalized spacial score (nSPS) is 9.77. The van der Waals surface area contributed by atoms with Crippen molar-refractivity contribution in [2.24, 2.45) is 0 Å². The fraction of sp³-hybridized carbons (Fsp3) is 0.400. The van der Waals surface area contributed by atoms with E-state index >= 15 is 0 Å². The zero-order valence-electron chi connectivity index (χ0n) is 7.84. The molecule has 0 amide bonds. The van der Waals surface area contributed by atoms with Crippen molar-refractivity contribution < 1.29 is 13.9 Å². The summed E-state index contributed by atoms with van der Waals surface area (Å²) in [7, 11) is 3.15. The van der Waals surface area contributed by atoms with Crippen LogP contribution in [0.15, 0.2) is 18.2 Å². The first-order valence-corrected chi connectivity index (χ1v) is 4.08. The number of rotatable bonds is 4. The van der Waals surface area contributed by atoms with Gasteiger partial charge < -0.3 is 9.47 Å². The summed E-state index contributed by atoms with van der Waals surface area (Å²) in [6, 6.07) is 5.38. The second-order valence-corrected chi connectivity index (χ2v) is 2.66. The molecule has 72 valence electrons. The summed E-state index contributed by atoms with van der Waals surface area (Å²) in [5.74, 6) is 1.39. The highest BCUT2D eigenvalue weighted by atomic mass is 19.1. The highest BCUT2D eigenvalue weighted by Crippen LogP contribution is 2.22. The Morgan fingerprint density at radius 2 is 1.62 bits per heavy atom. The lowest BCUT2D eigenvalue weighted by atomic mass is 10.1. The number of halogens is 1. The molecule has 0 aromatic heterocycles. The molecule has 0 aliphatic heterocycles. The van der Waals surface area contributed by atoms with Crippen molar-refractivity contribution in [1.82, 2.24) is 0 Å². The summed E-state index contributed by atoms with van der Waals surface area (Å²) in [5.41, 5.74) is 0.888. The Hall–Kier alpha value is -1.25. The van der Waals surface area contributed by atoms with Crippen molar-refractivity contribution >= 4 is 0 Å². The van der Waals surface area contributed by atoms with Gasteiger partial charge in [-0.15, -0.1) is 0 Å². The Bertz CT molecular complexity index is 251. The van der Waals surface area contributed by atoms with Crippen molar-refractivity contribution in [2.45, 2.75) is 6.42 Å². The van der Waals surface area contributed by atoms with E-state index in [-0.39, 0.29) is 6.67 Å². The van der Waals surface area contributed by atoms with E-state index in [0.29, 0.717) is 17.9 Å². The van der Waals surface area contributed by atoms with Crippen molar-refractivity contribution in [3.8, 4) is 11.5 Å². The Morgan fingerprint density at radius 1 is 1.08 bits per heavy atom. The number of ether oxygens (including phenoxy) is 2. The van der Waals surface area contributed by atoms with Gasteiger partial charge in [0.05, 0.1) is 20.9 Å². The molecule has 0 aliphatic carbocycles. The van der Waals surface area contributed by atoms with Crippen LogP contribution in [0, 0.1) is 0 Å². The molecule has 0 fully saturated rings. The molecule has 1 aromatic carbocycles. The Kier molecular flexibility index (Phi) is 3.55. The molecule has 1 rings (SSSR count). The van der Waals surface area contributed by atoms with E-state index < -0.39 is 0 Å².